The van der Waals surface area contributed by atoms with Crippen LogP contribution < -0.4 is 9.47 Å². The van der Waals surface area contributed by atoms with E-state index in [9.17, 15) is 4.79 Å². The van der Waals surface area contributed by atoms with E-state index in [1.54, 1.807) is 59.1 Å². The molecule has 0 aliphatic carbocycles. The van der Waals surface area contributed by atoms with E-state index in [-0.39, 0.29) is 12.5 Å². The van der Waals surface area contributed by atoms with Crippen molar-refractivity contribution in [1.82, 2.24) is 24.5 Å². The van der Waals surface area contributed by atoms with Crippen molar-refractivity contribution in [2.45, 2.75) is 59.1 Å². The van der Waals surface area contributed by atoms with E-state index in [0.29, 0.717) is 56.5 Å². The topological polar surface area (TPSA) is 92.9 Å². The van der Waals surface area contributed by atoms with Crippen molar-refractivity contribution in [3.63, 3.8) is 0 Å². The highest BCUT2D eigenvalue weighted by Gasteiger charge is 2.35. The van der Waals surface area contributed by atoms with E-state index < -0.39 is 11.3 Å². The van der Waals surface area contributed by atoms with Gasteiger partial charge in [0.05, 0.1) is 24.7 Å². The molecule has 44 heavy (non-hydrogen) atoms. The molecule has 0 atom stereocenters. The molecule has 0 bridgehead atoms. The lowest BCUT2D eigenvalue weighted by atomic mass is 9.96. The fourth-order valence-electron chi connectivity index (χ4n) is 5.15. The van der Waals surface area contributed by atoms with Gasteiger partial charge < -0.3 is 23.8 Å². The maximum atomic E-state index is 13.8. The molecule has 1 amide bonds. The lowest BCUT2D eigenvalue weighted by Gasteiger charge is -2.31. The third kappa shape index (κ3) is 5.48. The number of allylic oxidation sites excluding steroid dienone is 1. The molecule has 0 unspecified atom stereocenters. The normalized spacial score (nSPS) is 15.0. The van der Waals surface area contributed by atoms with Crippen LogP contribution in [0.1, 0.15) is 50.7 Å². The minimum Gasteiger partial charge on any atom is -0.496 e. The van der Waals surface area contributed by atoms with Gasteiger partial charge in [0.15, 0.2) is 11.5 Å². The second kappa shape index (κ2) is 10.8. The molecule has 6 rings (SSSR count). The van der Waals surface area contributed by atoms with Crippen LogP contribution >= 0.6 is 23.2 Å². The Labute approximate surface area is 265 Å². The highest BCUT2D eigenvalue weighted by molar-refractivity contribution is 6.34. The van der Waals surface area contributed by atoms with E-state index in [2.05, 4.69) is 5.10 Å². The van der Waals surface area contributed by atoms with Crippen molar-refractivity contribution in [3.05, 3.63) is 76.0 Å². The maximum Gasteiger partial charge on any atom is 0.274 e. The number of benzene rings is 2. The number of rotatable bonds is 6. The predicted octanol–water partition coefficient (Wildman–Crippen LogP) is 7.11. The monoisotopic (exact) mass is 637 g/mol. The van der Waals surface area contributed by atoms with Gasteiger partial charge in [-0.3, -0.25) is 9.48 Å². The second-order valence-corrected chi connectivity index (χ2v) is 13.1. The van der Waals surface area contributed by atoms with Crippen molar-refractivity contribution in [1.29, 1.82) is 0 Å². The van der Waals surface area contributed by atoms with Gasteiger partial charge in [0.2, 0.25) is 5.79 Å². The number of amides is 1. The first-order valence-corrected chi connectivity index (χ1v) is 14.8. The predicted molar refractivity (Wildman–Crippen MR) is 167 cm³/mol. The Balaban J connectivity index is 1.49. The van der Waals surface area contributed by atoms with Gasteiger partial charge in [-0.25, -0.2) is 4.68 Å². The van der Waals surface area contributed by atoms with Crippen LogP contribution in [0.25, 0.3) is 28.1 Å². The summed E-state index contributed by atoms with van der Waals surface area (Å²) in [5.41, 5.74) is 4.17. The van der Waals surface area contributed by atoms with E-state index in [1.165, 1.54) is 0 Å². The Morgan fingerprint density at radius 3 is 2.48 bits per heavy atom. The summed E-state index contributed by atoms with van der Waals surface area (Å²) < 4.78 is 26.9. The zero-order chi connectivity index (χ0) is 31.6. The first-order valence-electron chi connectivity index (χ1n) is 14.0. The summed E-state index contributed by atoms with van der Waals surface area (Å²) in [5.74, 6) is 0.933. The van der Waals surface area contributed by atoms with Gasteiger partial charge >= 0.3 is 0 Å². The highest BCUT2D eigenvalue weighted by atomic mass is 35.5. The first kappa shape index (κ1) is 29.9. The average molecular weight is 639 g/mol. The maximum absolute atomic E-state index is 13.8. The van der Waals surface area contributed by atoms with Gasteiger partial charge in [-0.1, -0.05) is 23.2 Å². The fourth-order valence-corrected chi connectivity index (χ4v) is 5.66. The second-order valence-electron chi connectivity index (χ2n) is 12.2. The Morgan fingerprint density at radius 1 is 1.11 bits per heavy atom. The SMILES string of the molecule is COc1cc2c(cc1-c1cnn(CC3=COC(C)(C)O3)c1)-c1c(c(C(=O)N(C)C(C)(C)C)nn1-c1cc(Cl)cc(Cl)c1)CO2. The molecular weight excluding hydrogens is 605 g/mol. The standard InChI is InChI=1S/C32H33Cl2N5O5/c1-31(2,3)37(6)30(40)28-25-17-42-27-12-26(41-7)23(18-13-35-38(14-18)15-22-16-43-32(4,5)44-22)11-24(27)29(25)39(36-28)21-9-19(33)8-20(34)10-21/h8-14,16H,15,17H2,1-7H3. The number of aromatic nitrogens is 4. The van der Waals surface area contributed by atoms with Crippen molar-refractivity contribution < 1.29 is 23.7 Å². The highest BCUT2D eigenvalue weighted by Crippen LogP contribution is 2.46. The van der Waals surface area contributed by atoms with Crippen LogP contribution in [0.3, 0.4) is 0 Å². The number of halogens is 2. The summed E-state index contributed by atoms with van der Waals surface area (Å²) >= 11 is 12.8. The zero-order valence-corrected chi connectivity index (χ0v) is 27.1. The summed E-state index contributed by atoms with van der Waals surface area (Å²) in [6.45, 7) is 10.2. The molecule has 12 heteroatoms. The number of methoxy groups -OCH3 is 1. The number of fused-ring (bicyclic) bond motifs is 3. The number of carbonyl (C=O) groups is 1. The number of ether oxygens (including phenoxy) is 4. The van der Waals surface area contributed by atoms with E-state index in [4.69, 9.17) is 47.2 Å². The molecule has 0 fully saturated rings. The smallest absolute Gasteiger partial charge is 0.274 e. The zero-order valence-electron chi connectivity index (χ0n) is 25.6. The van der Waals surface area contributed by atoms with E-state index >= 15 is 0 Å². The summed E-state index contributed by atoms with van der Waals surface area (Å²) in [7, 11) is 3.37. The summed E-state index contributed by atoms with van der Waals surface area (Å²) in [5, 5.41) is 10.3. The summed E-state index contributed by atoms with van der Waals surface area (Å²) in [4.78, 5) is 15.5. The molecule has 2 aliphatic rings. The molecule has 4 aromatic rings. The van der Waals surface area contributed by atoms with Gasteiger partial charge in [-0.15, -0.1) is 0 Å². The van der Waals surface area contributed by atoms with Gasteiger partial charge in [0, 0.05) is 71.0 Å². The first-order chi connectivity index (χ1) is 20.7. The Morgan fingerprint density at radius 2 is 1.84 bits per heavy atom. The van der Waals surface area contributed by atoms with Crippen molar-refractivity contribution in [3.8, 4) is 39.6 Å². The quantitative estimate of drug-likeness (QED) is 0.222. The fraction of sp³-hybridized carbons (Fsp3) is 0.344. The lowest BCUT2D eigenvalue weighted by molar-refractivity contribution is -0.118. The molecule has 2 aromatic carbocycles. The molecule has 230 valence electrons. The number of carbonyl (C=O) groups excluding carboxylic acids is 1. The molecule has 0 spiro atoms. The van der Waals surface area contributed by atoms with Crippen LogP contribution in [0.2, 0.25) is 10.0 Å². The van der Waals surface area contributed by atoms with E-state index in [0.717, 1.165) is 16.7 Å². The summed E-state index contributed by atoms with van der Waals surface area (Å²) in [6, 6.07) is 8.99. The molecule has 0 saturated carbocycles. The molecule has 4 heterocycles. The number of hydrogen-bond acceptors (Lipinski definition) is 7. The van der Waals surface area contributed by atoms with Crippen LogP contribution in [0.15, 0.2) is 54.7 Å². The van der Waals surface area contributed by atoms with Crippen LogP contribution in [-0.4, -0.2) is 55.9 Å². The third-order valence-electron chi connectivity index (χ3n) is 7.63. The van der Waals surface area contributed by atoms with Gasteiger partial charge in [-0.2, -0.15) is 10.2 Å². The molecule has 2 aliphatic heterocycles. The van der Waals surface area contributed by atoms with Crippen molar-refractivity contribution in [2.24, 2.45) is 0 Å². The van der Waals surface area contributed by atoms with Crippen molar-refractivity contribution >= 4 is 29.1 Å². The minimum absolute atomic E-state index is 0.143. The molecule has 0 saturated heterocycles. The molecule has 0 radical (unpaired) electrons. The number of hydrogen-bond donors (Lipinski definition) is 0. The minimum atomic E-state index is -0.706. The van der Waals surface area contributed by atoms with Gasteiger partial charge in [-0.05, 0) is 45.0 Å². The molecular formula is C32H33Cl2N5O5. The number of nitrogens with zero attached hydrogens (tertiary/aromatic N) is 5. The van der Waals surface area contributed by atoms with Crippen LogP contribution in [0, 0.1) is 0 Å². The Bertz CT molecular complexity index is 1800. The largest absolute Gasteiger partial charge is 0.496 e. The Kier molecular flexibility index (Phi) is 7.33. The summed E-state index contributed by atoms with van der Waals surface area (Å²) in [6.07, 6.45) is 5.28. The molecule has 0 N–H and O–H groups in total. The van der Waals surface area contributed by atoms with Gasteiger partial charge in [0.25, 0.3) is 5.91 Å². The van der Waals surface area contributed by atoms with Crippen LogP contribution in [0.4, 0.5) is 0 Å². The van der Waals surface area contributed by atoms with E-state index in [1.807, 2.05) is 52.9 Å². The third-order valence-corrected chi connectivity index (χ3v) is 8.07. The molecule has 10 nitrogen and oxygen atoms in total. The van der Waals surface area contributed by atoms with Crippen LogP contribution in [0.5, 0.6) is 11.5 Å². The Hall–Kier alpha value is -4.15. The average Bonchev–Trinajstić information content (AvgIpc) is 3.67. The van der Waals surface area contributed by atoms with Crippen LogP contribution in [-0.2, 0) is 22.6 Å². The van der Waals surface area contributed by atoms with Crippen molar-refractivity contribution in [2.75, 3.05) is 14.2 Å². The molecule has 2 aromatic heterocycles. The lowest BCUT2D eigenvalue weighted by Crippen LogP contribution is -2.43. The van der Waals surface area contributed by atoms with Gasteiger partial charge in [0.1, 0.15) is 30.9 Å².